The molecule has 0 saturated carbocycles. The van der Waals surface area contributed by atoms with Crippen molar-refractivity contribution in [3.8, 4) is 0 Å². The van der Waals surface area contributed by atoms with Crippen LogP contribution in [0.5, 0.6) is 0 Å². The molecule has 1 saturated heterocycles. The van der Waals surface area contributed by atoms with Gasteiger partial charge in [-0.2, -0.15) is 15.1 Å². The molecule has 1 amide bonds. The van der Waals surface area contributed by atoms with Crippen molar-refractivity contribution >= 4 is 46.2 Å². The van der Waals surface area contributed by atoms with E-state index in [2.05, 4.69) is 56.3 Å². The maximum Gasteiger partial charge on any atom is 0.269 e. The number of amidine groups is 1. The molecule has 3 heterocycles. The highest BCUT2D eigenvalue weighted by Gasteiger charge is 2.39. The van der Waals surface area contributed by atoms with Crippen LogP contribution < -0.4 is 4.90 Å². The fourth-order valence-electron chi connectivity index (χ4n) is 3.56. The summed E-state index contributed by atoms with van der Waals surface area (Å²) in [5.41, 5.74) is 2.32. The van der Waals surface area contributed by atoms with Crippen LogP contribution >= 0.6 is 23.5 Å². The Morgan fingerprint density at radius 2 is 1.84 bits per heavy atom. The van der Waals surface area contributed by atoms with Gasteiger partial charge in [-0.25, -0.2) is 5.10 Å². The topological polar surface area (TPSA) is 77.5 Å². The zero-order valence-electron chi connectivity index (χ0n) is 16.9. The van der Waals surface area contributed by atoms with Gasteiger partial charge in [0, 0.05) is 18.0 Å². The van der Waals surface area contributed by atoms with Crippen LogP contribution in [0.1, 0.15) is 12.5 Å². The summed E-state index contributed by atoms with van der Waals surface area (Å²) in [7, 11) is 0. The number of nitrogens with zero attached hydrogens (tertiary/aromatic N) is 5. The zero-order chi connectivity index (χ0) is 21.2. The molecular weight excluding hydrogens is 428 g/mol. The van der Waals surface area contributed by atoms with Crippen molar-refractivity contribution in [2.75, 3.05) is 18.0 Å². The number of anilines is 1. The number of para-hydroxylation sites is 1. The van der Waals surface area contributed by atoms with Crippen molar-refractivity contribution in [1.82, 2.24) is 20.1 Å². The number of nitrogens with one attached hydrogen (secondary N) is 1. The van der Waals surface area contributed by atoms with E-state index in [0.29, 0.717) is 22.6 Å². The monoisotopic (exact) mass is 448 g/mol. The van der Waals surface area contributed by atoms with E-state index < -0.39 is 0 Å². The van der Waals surface area contributed by atoms with Crippen LogP contribution in [-0.4, -0.2) is 44.2 Å². The molecule has 0 bridgehead atoms. The second-order valence-corrected chi connectivity index (χ2v) is 8.95. The van der Waals surface area contributed by atoms with E-state index in [1.165, 1.54) is 23.7 Å². The Morgan fingerprint density at radius 1 is 1.03 bits per heavy atom. The predicted molar refractivity (Wildman–Crippen MR) is 125 cm³/mol. The van der Waals surface area contributed by atoms with Gasteiger partial charge in [0.15, 0.2) is 5.17 Å². The molecular formula is C22H20N6OS2. The first-order valence-electron chi connectivity index (χ1n) is 10.0. The average Bonchev–Trinajstić information content (AvgIpc) is 3.51. The number of fused-ring (bicyclic) bond motifs is 1. The summed E-state index contributed by atoms with van der Waals surface area (Å²) >= 11 is 3.05. The highest BCUT2D eigenvalue weighted by Crippen LogP contribution is 2.50. The lowest BCUT2D eigenvalue weighted by Crippen LogP contribution is -2.32. The fraction of sp³-hybridized carbons (Fsp3) is 0.182. The van der Waals surface area contributed by atoms with Gasteiger partial charge in [0.2, 0.25) is 5.95 Å². The van der Waals surface area contributed by atoms with E-state index in [-0.39, 0.29) is 5.91 Å². The normalized spacial score (nSPS) is 19.5. The van der Waals surface area contributed by atoms with Gasteiger partial charge in [-0.15, -0.1) is 0 Å². The Hall–Kier alpha value is -3.04. The van der Waals surface area contributed by atoms with Gasteiger partial charge >= 0.3 is 0 Å². The fourth-order valence-corrected chi connectivity index (χ4v) is 5.96. The van der Waals surface area contributed by atoms with Gasteiger partial charge in [0.1, 0.15) is 16.3 Å². The molecule has 0 radical (unpaired) electrons. The molecule has 2 aliphatic heterocycles. The van der Waals surface area contributed by atoms with E-state index in [0.717, 1.165) is 28.6 Å². The number of hydrogen-bond acceptors (Lipinski definition) is 7. The van der Waals surface area contributed by atoms with E-state index in [1.54, 1.807) is 16.7 Å². The molecule has 3 aromatic rings. The summed E-state index contributed by atoms with van der Waals surface area (Å²) in [4.78, 5) is 28.0. The number of hydrogen-bond donors (Lipinski definition) is 1. The molecule has 0 unspecified atom stereocenters. The largest absolute Gasteiger partial charge is 0.334 e. The smallest absolute Gasteiger partial charge is 0.269 e. The first-order chi connectivity index (χ1) is 15.2. The molecule has 31 heavy (non-hydrogen) atoms. The molecule has 2 aliphatic rings. The van der Waals surface area contributed by atoms with Crippen molar-refractivity contribution in [2.24, 2.45) is 4.99 Å². The first kappa shape index (κ1) is 19.9. The molecule has 156 valence electrons. The molecule has 1 aromatic heterocycles. The summed E-state index contributed by atoms with van der Waals surface area (Å²) in [6.07, 6.45) is 2.16. The van der Waals surface area contributed by atoms with Crippen LogP contribution in [-0.2, 0) is 11.2 Å². The third-order valence-corrected chi connectivity index (χ3v) is 7.43. The highest BCUT2D eigenvalue weighted by atomic mass is 32.2. The molecule has 0 spiro atoms. The Bertz CT molecular complexity index is 1160. The van der Waals surface area contributed by atoms with Crippen molar-refractivity contribution in [2.45, 2.75) is 18.2 Å². The second-order valence-electron chi connectivity index (χ2n) is 6.95. The Balaban J connectivity index is 1.50. The molecule has 1 N–H and O–H groups in total. The standard InChI is InChI=1S/C22H20N6OS2/c1-2-27-16-10-6-7-11-17(16)30-20(27)18-19(29)28(13-12-15-8-4-3-5-9-15)22(31-18)25-21-23-14-24-26-21/h3-11,14H,2,12-13H2,1H3,(H,23,24,26)/b20-18-,25-22-. The zero-order valence-corrected chi connectivity index (χ0v) is 18.5. The van der Waals surface area contributed by atoms with Crippen LogP contribution in [0.25, 0.3) is 0 Å². The predicted octanol–water partition coefficient (Wildman–Crippen LogP) is 4.41. The maximum absolute atomic E-state index is 13.5. The minimum absolute atomic E-state index is 0.0204. The van der Waals surface area contributed by atoms with Crippen molar-refractivity contribution in [1.29, 1.82) is 0 Å². The number of rotatable bonds is 5. The summed E-state index contributed by atoms with van der Waals surface area (Å²) in [5, 5.41) is 8.21. The van der Waals surface area contributed by atoms with Crippen LogP contribution in [0.4, 0.5) is 11.6 Å². The Labute approximate surface area is 188 Å². The highest BCUT2D eigenvalue weighted by molar-refractivity contribution is 8.19. The minimum Gasteiger partial charge on any atom is -0.334 e. The molecule has 2 aromatic carbocycles. The van der Waals surface area contributed by atoms with E-state index >= 15 is 0 Å². The lowest BCUT2D eigenvalue weighted by Gasteiger charge is -2.19. The van der Waals surface area contributed by atoms with Gasteiger partial charge in [0.05, 0.1) is 5.69 Å². The molecule has 1 fully saturated rings. The number of thioether (sulfide) groups is 2. The minimum atomic E-state index is -0.0204. The maximum atomic E-state index is 13.5. The molecule has 9 heteroatoms. The number of carbonyl (C=O) groups is 1. The number of aliphatic imine (C=N–C) groups is 1. The van der Waals surface area contributed by atoms with Gasteiger partial charge < -0.3 is 4.90 Å². The van der Waals surface area contributed by atoms with Gasteiger partial charge in [0.25, 0.3) is 5.91 Å². The Kier molecular flexibility index (Phi) is 5.52. The Morgan fingerprint density at radius 3 is 2.61 bits per heavy atom. The van der Waals surface area contributed by atoms with Gasteiger partial charge in [-0.05, 0) is 42.8 Å². The summed E-state index contributed by atoms with van der Waals surface area (Å²) in [5.74, 6) is 0.369. The molecule has 7 nitrogen and oxygen atoms in total. The quantitative estimate of drug-likeness (QED) is 0.583. The SMILES string of the molecule is CCN1/C(=C2/S/C(=N\c3ncn[nH]3)N(CCc3ccccc3)C2=O)Sc2ccccc21. The van der Waals surface area contributed by atoms with Crippen LogP contribution in [0.2, 0.25) is 0 Å². The van der Waals surface area contributed by atoms with Crippen molar-refractivity contribution in [3.05, 3.63) is 76.4 Å². The molecule has 0 aliphatic carbocycles. The molecule has 0 atom stereocenters. The third kappa shape index (κ3) is 3.86. The number of aromatic amines is 1. The van der Waals surface area contributed by atoms with Crippen LogP contribution in [0.3, 0.4) is 0 Å². The van der Waals surface area contributed by atoms with E-state index in [1.807, 2.05) is 30.3 Å². The summed E-state index contributed by atoms with van der Waals surface area (Å²) in [6, 6.07) is 18.4. The lowest BCUT2D eigenvalue weighted by atomic mass is 10.1. The van der Waals surface area contributed by atoms with Gasteiger partial charge in [-0.3, -0.25) is 9.69 Å². The number of amides is 1. The third-order valence-electron chi connectivity index (χ3n) is 5.05. The number of H-pyrrole nitrogens is 1. The first-order valence-corrected chi connectivity index (χ1v) is 11.6. The van der Waals surface area contributed by atoms with Crippen molar-refractivity contribution in [3.63, 3.8) is 0 Å². The van der Waals surface area contributed by atoms with Gasteiger partial charge in [-0.1, -0.05) is 54.2 Å². The van der Waals surface area contributed by atoms with E-state index in [4.69, 9.17) is 0 Å². The van der Waals surface area contributed by atoms with E-state index in [9.17, 15) is 4.79 Å². The lowest BCUT2D eigenvalue weighted by molar-refractivity contribution is -0.122. The van der Waals surface area contributed by atoms with Crippen LogP contribution in [0.15, 0.2) is 80.7 Å². The number of aromatic nitrogens is 3. The number of carbonyl (C=O) groups excluding carboxylic acids is 1. The molecule has 5 rings (SSSR count). The van der Waals surface area contributed by atoms with Crippen LogP contribution in [0, 0.1) is 0 Å². The average molecular weight is 449 g/mol. The second kappa shape index (κ2) is 8.60. The summed E-state index contributed by atoms with van der Waals surface area (Å²) < 4.78 is 0. The summed E-state index contributed by atoms with van der Waals surface area (Å²) in [6.45, 7) is 3.43. The number of benzene rings is 2. The van der Waals surface area contributed by atoms with Crippen molar-refractivity contribution < 1.29 is 4.79 Å².